The van der Waals surface area contributed by atoms with Gasteiger partial charge in [-0.2, -0.15) is 15.3 Å². The lowest BCUT2D eigenvalue weighted by Crippen LogP contribution is -2.04. The number of ether oxygens (including phenoxy) is 1. The number of rotatable bonds is 3. The van der Waals surface area contributed by atoms with E-state index in [1.165, 1.54) is 0 Å². The standard InChI is InChI=1S/C15H14N6O/c1-10-11-3-4-21(14(11)7-17-19-10)9-22-15-8-16-6-13-12(15)5-18-20(13)2/h3-8H,9H2,1-2H3. The van der Waals surface area contributed by atoms with E-state index in [1.54, 1.807) is 29.5 Å². The van der Waals surface area contributed by atoms with E-state index in [4.69, 9.17) is 4.74 Å². The van der Waals surface area contributed by atoms with Crippen molar-refractivity contribution in [3.63, 3.8) is 0 Å². The van der Waals surface area contributed by atoms with Gasteiger partial charge in [-0.25, -0.2) is 0 Å². The van der Waals surface area contributed by atoms with Crippen molar-refractivity contribution in [2.45, 2.75) is 13.7 Å². The Balaban J connectivity index is 1.67. The third-order valence-electron chi connectivity index (χ3n) is 3.78. The number of aryl methyl sites for hydroxylation is 2. The smallest absolute Gasteiger partial charge is 0.165 e. The molecule has 0 spiro atoms. The van der Waals surface area contributed by atoms with Gasteiger partial charge in [0.2, 0.25) is 0 Å². The summed E-state index contributed by atoms with van der Waals surface area (Å²) >= 11 is 0. The monoisotopic (exact) mass is 294 g/mol. The van der Waals surface area contributed by atoms with Crippen LogP contribution in [0.4, 0.5) is 0 Å². The largest absolute Gasteiger partial charge is 0.470 e. The van der Waals surface area contributed by atoms with Crippen LogP contribution in [-0.2, 0) is 13.8 Å². The zero-order valence-corrected chi connectivity index (χ0v) is 12.3. The zero-order valence-electron chi connectivity index (χ0n) is 12.3. The first-order chi connectivity index (χ1) is 10.7. The maximum atomic E-state index is 5.92. The quantitative estimate of drug-likeness (QED) is 0.578. The van der Waals surface area contributed by atoms with E-state index >= 15 is 0 Å². The Morgan fingerprint density at radius 2 is 2.00 bits per heavy atom. The number of pyridine rings is 1. The van der Waals surface area contributed by atoms with Gasteiger partial charge in [0.25, 0.3) is 0 Å². The molecule has 0 unspecified atom stereocenters. The van der Waals surface area contributed by atoms with Crippen molar-refractivity contribution in [2.24, 2.45) is 7.05 Å². The summed E-state index contributed by atoms with van der Waals surface area (Å²) in [5.41, 5.74) is 2.85. The molecule has 4 aromatic rings. The highest BCUT2D eigenvalue weighted by Crippen LogP contribution is 2.24. The Labute approximate surface area is 126 Å². The molecule has 0 radical (unpaired) electrons. The Morgan fingerprint density at radius 1 is 1.09 bits per heavy atom. The molecule has 22 heavy (non-hydrogen) atoms. The summed E-state index contributed by atoms with van der Waals surface area (Å²) in [6.45, 7) is 2.32. The van der Waals surface area contributed by atoms with Crippen LogP contribution < -0.4 is 4.74 Å². The van der Waals surface area contributed by atoms with Crippen molar-refractivity contribution < 1.29 is 4.74 Å². The number of fused-ring (bicyclic) bond motifs is 2. The van der Waals surface area contributed by atoms with Gasteiger partial charge in [-0.1, -0.05) is 0 Å². The summed E-state index contributed by atoms with van der Waals surface area (Å²) in [5, 5.41) is 14.3. The molecule has 0 fully saturated rings. The Kier molecular flexibility index (Phi) is 2.78. The predicted octanol–water partition coefficient (Wildman–Crippen LogP) is 2.06. The fourth-order valence-corrected chi connectivity index (χ4v) is 2.56. The molecule has 4 aromatic heterocycles. The number of nitrogens with zero attached hydrogens (tertiary/aromatic N) is 6. The SMILES string of the molecule is Cc1nncc2c1ccn2COc1cncc2c1cnn2C. The minimum absolute atomic E-state index is 0.379. The van der Waals surface area contributed by atoms with Crippen molar-refractivity contribution in [3.8, 4) is 5.75 Å². The minimum atomic E-state index is 0.379. The van der Waals surface area contributed by atoms with E-state index < -0.39 is 0 Å². The molecule has 0 amide bonds. The van der Waals surface area contributed by atoms with Crippen molar-refractivity contribution in [1.82, 2.24) is 29.5 Å². The molecule has 0 N–H and O–H groups in total. The summed E-state index contributed by atoms with van der Waals surface area (Å²) < 4.78 is 9.69. The molecule has 0 atom stereocenters. The van der Waals surface area contributed by atoms with E-state index in [2.05, 4.69) is 20.3 Å². The second-order valence-corrected chi connectivity index (χ2v) is 5.13. The van der Waals surface area contributed by atoms with Gasteiger partial charge in [0.1, 0.15) is 0 Å². The van der Waals surface area contributed by atoms with Crippen LogP contribution in [0.5, 0.6) is 5.75 Å². The number of aromatic nitrogens is 6. The third kappa shape index (κ3) is 1.90. The Hall–Kier alpha value is -2.96. The highest BCUT2D eigenvalue weighted by molar-refractivity contribution is 5.84. The average Bonchev–Trinajstić information content (AvgIpc) is 3.11. The molecule has 7 heteroatoms. The van der Waals surface area contributed by atoms with Crippen LogP contribution in [0.2, 0.25) is 0 Å². The second-order valence-electron chi connectivity index (χ2n) is 5.13. The van der Waals surface area contributed by atoms with Crippen LogP contribution in [0.25, 0.3) is 21.8 Å². The van der Waals surface area contributed by atoms with Gasteiger partial charge < -0.3 is 9.30 Å². The lowest BCUT2D eigenvalue weighted by atomic mass is 10.3. The second kappa shape index (κ2) is 4.80. The molecule has 110 valence electrons. The van der Waals surface area contributed by atoms with E-state index in [9.17, 15) is 0 Å². The average molecular weight is 294 g/mol. The zero-order chi connectivity index (χ0) is 15.1. The molecule has 0 saturated heterocycles. The molecule has 4 rings (SSSR count). The van der Waals surface area contributed by atoms with E-state index in [-0.39, 0.29) is 0 Å². The van der Waals surface area contributed by atoms with E-state index in [0.29, 0.717) is 12.5 Å². The summed E-state index contributed by atoms with van der Waals surface area (Å²) in [6.07, 6.45) is 8.99. The van der Waals surface area contributed by atoms with Crippen LogP contribution in [0, 0.1) is 6.92 Å². The van der Waals surface area contributed by atoms with Gasteiger partial charge in [-0.3, -0.25) is 9.67 Å². The maximum absolute atomic E-state index is 5.92. The summed E-state index contributed by atoms with van der Waals surface area (Å²) in [5.74, 6) is 0.714. The van der Waals surface area contributed by atoms with Gasteiger partial charge in [0.15, 0.2) is 12.5 Å². The first-order valence-corrected chi connectivity index (χ1v) is 6.89. The molecule has 0 aliphatic carbocycles. The summed E-state index contributed by atoms with van der Waals surface area (Å²) in [7, 11) is 1.88. The molecule has 4 heterocycles. The first kappa shape index (κ1) is 12.8. The van der Waals surface area contributed by atoms with Crippen molar-refractivity contribution in [2.75, 3.05) is 0 Å². The fraction of sp³-hybridized carbons (Fsp3) is 0.200. The third-order valence-corrected chi connectivity index (χ3v) is 3.78. The first-order valence-electron chi connectivity index (χ1n) is 6.89. The van der Waals surface area contributed by atoms with E-state index in [0.717, 1.165) is 27.5 Å². The molecule has 7 nitrogen and oxygen atoms in total. The predicted molar refractivity (Wildman–Crippen MR) is 81.4 cm³/mol. The maximum Gasteiger partial charge on any atom is 0.165 e. The fourth-order valence-electron chi connectivity index (χ4n) is 2.56. The topological polar surface area (TPSA) is 70.7 Å². The Morgan fingerprint density at radius 3 is 2.91 bits per heavy atom. The van der Waals surface area contributed by atoms with Gasteiger partial charge >= 0.3 is 0 Å². The van der Waals surface area contributed by atoms with Crippen LogP contribution in [-0.4, -0.2) is 29.5 Å². The Bertz CT molecular complexity index is 971. The lowest BCUT2D eigenvalue weighted by molar-refractivity contribution is 0.244. The van der Waals surface area contributed by atoms with Gasteiger partial charge in [0, 0.05) is 18.6 Å². The van der Waals surface area contributed by atoms with Gasteiger partial charge in [-0.15, -0.1) is 0 Å². The minimum Gasteiger partial charge on any atom is -0.470 e. The van der Waals surface area contributed by atoms with Gasteiger partial charge in [-0.05, 0) is 13.0 Å². The molecule has 0 aromatic carbocycles. The summed E-state index contributed by atoms with van der Waals surface area (Å²) in [4.78, 5) is 4.20. The van der Waals surface area contributed by atoms with Crippen LogP contribution >= 0.6 is 0 Å². The number of hydrogen-bond acceptors (Lipinski definition) is 5. The van der Waals surface area contributed by atoms with Crippen LogP contribution in [0.1, 0.15) is 5.69 Å². The van der Waals surface area contributed by atoms with Crippen LogP contribution in [0.3, 0.4) is 0 Å². The lowest BCUT2D eigenvalue weighted by Gasteiger charge is -2.09. The van der Waals surface area contributed by atoms with Crippen molar-refractivity contribution >= 4 is 21.8 Å². The highest BCUT2D eigenvalue weighted by atomic mass is 16.5. The molecule has 0 aliphatic rings. The van der Waals surface area contributed by atoms with E-state index in [1.807, 2.05) is 30.8 Å². The summed E-state index contributed by atoms with van der Waals surface area (Å²) in [6, 6.07) is 2.02. The molecular weight excluding hydrogens is 280 g/mol. The highest BCUT2D eigenvalue weighted by Gasteiger charge is 2.09. The molecular formula is C15H14N6O. The van der Waals surface area contributed by atoms with Crippen LogP contribution in [0.15, 0.2) is 37.1 Å². The molecule has 0 aliphatic heterocycles. The van der Waals surface area contributed by atoms with Gasteiger partial charge in [0.05, 0.1) is 46.9 Å². The molecule has 0 saturated carbocycles. The van der Waals surface area contributed by atoms with Crippen molar-refractivity contribution in [1.29, 1.82) is 0 Å². The normalized spacial score (nSPS) is 11.4. The van der Waals surface area contributed by atoms with Crippen molar-refractivity contribution in [3.05, 3.63) is 42.7 Å². The molecule has 0 bridgehead atoms. The number of hydrogen-bond donors (Lipinski definition) is 0.